The van der Waals surface area contributed by atoms with Crippen molar-refractivity contribution in [1.82, 2.24) is 0 Å². The lowest BCUT2D eigenvalue weighted by molar-refractivity contribution is -0.153. The highest BCUT2D eigenvalue weighted by Crippen LogP contribution is 2.34. The van der Waals surface area contributed by atoms with Crippen molar-refractivity contribution in [2.45, 2.75) is 45.4 Å². The third kappa shape index (κ3) is 3.59. The van der Waals surface area contributed by atoms with Gasteiger partial charge in [-0.2, -0.15) is 0 Å². The number of esters is 1. The fourth-order valence-corrected chi connectivity index (χ4v) is 2.39. The quantitative estimate of drug-likeness (QED) is 0.554. The molecule has 0 amide bonds. The molecule has 4 nitrogen and oxygen atoms in total. The standard InChI is InChI=1S/C12H20O4/c1-2-3-4-10-9(5-6-11(10)14)7-12(15)16-8-13/h9-10,13H,2-8H2,1H3. The van der Waals surface area contributed by atoms with E-state index in [0.717, 1.165) is 25.7 Å². The number of carbonyl (C=O) groups excluding carboxylic acids is 2. The molecule has 0 aliphatic heterocycles. The van der Waals surface area contributed by atoms with Gasteiger partial charge in [0.25, 0.3) is 0 Å². The van der Waals surface area contributed by atoms with Crippen LogP contribution < -0.4 is 0 Å². The van der Waals surface area contributed by atoms with Crippen molar-refractivity contribution >= 4 is 11.8 Å². The minimum atomic E-state index is -0.570. The Morgan fingerprint density at radius 1 is 1.56 bits per heavy atom. The van der Waals surface area contributed by atoms with Gasteiger partial charge in [0.05, 0.1) is 0 Å². The largest absolute Gasteiger partial charge is 0.439 e. The van der Waals surface area contributed by atoms with Gasteiger partial charge in [0, 0.05) is 18.8 Å². The summed E-state index contributed by atoms with van der Waals surface area (Å²) >= 11 is 0. The molecule has 2 unspecified atom stereocenters. The van der Waals surface area contributed by atoms with Gasteiger partial charge < -0.3 is 9.84 Å². The van der Waals surface area contributed by atoms with Crippen molar-refractivity contribution in [2.75, 3.05) is 6.79 Å². The molecule has 1 N–H and O–H groups in total. The topological polar surface area (TPSA) is 63.6 Å². The van der Waals surface area contributed by atoms with Crippen LogP contribution in [0.4, 0.5) is 0 Å². The summed E-state index contributed by atoms with van der Waals surface area (Å²) < 4.78 is 4.50. The van der Waals surface area contributed by atoms with E-state index in [4.69, 9.17) is 5.11 Å². The van der Waals surface area contributed by atoms with Crippen LogP contribution in [0.25, 0.3) is 0 Å². The summed E-state index contributed by atoms with van der Waals surface area (Å²) in [6.45, 7) is 1.52. The highest BCUT2D eigenvalue weighted by molar-refractivity contribution is 5.84. The molecule has 1 saturated carbocycles. The summed E-state index contributed by atoms with van der Waals surface area (Å²) in [5, 5.41) is 8.46. The SMILES string of the molecule is CCCCC1C(=O)CCC1CC(=O)OCO. The molecule has 1 aliphatic rings. The maximum Gasteiger partial charge on any atom is 0.308 e. The van der Waals surface area contributed by atoms with E-state index < -0.39 is 12.8 Å². The average molecular weight is 228 g/mol. The molecule has 2 atom stereocenters. The molecule has 1 fully saturated rings. The average Bonchev–Trinajstić information content (AvgIpc) is 2.57. The Bertz CT molecular complexity index is 249. The Kier molecular flexibility index (Phi) is 5.46. The lowest BCUT2D eigenvalue weighted by atomic mass is 9.88. The van der Waals surface area contributed by atoms with Crippen molar-refractivity contribution in [2.24, 2.45) is 11.8 Å². The molecule has 0 spiro atoms. The normalized spacial score (nSPS) is 24.8. The molecule has 0 aromatic heterocycles. The van der Waals surface area contributed by atoms with Gasteiger partial charge in [-0.3, -0.25) is 9.59 Å². The van der Waals surface area contributed by atoms with Crippen LogP contribution in [-0.2, 0) is 14.3 Å². The summed E-state index contributed by atoms with van der Waals surface area (Å²) in [5.74, 6) is 0.0447. The summed E-state index contributed by atoms with van der Waals surface area (Å²) in [4.78, 5) is 22.9. The van der Waals surface area contributed by atoms with Crippen LogP contribution in [0.15, 0.2) is 0 Å². The smallest absolute Gasteiger partial charge is 0.308 e. The maximum atomic E-state index is 11.6. The van der Waals surface area contributed by atoms with Crippen LogP contribution in [0.2, 0.25) is 0 Å². The monoisotopic (exact) mass is 228 g/mol. The highest BCUT2D eigenvalue weighted by Gasteiger charge is 2.35. The van der Waals surface area contributed by atoms with Gasteiger partial charge in [-0.05, 0) is 18.8 Å². The second-order valence-electron chi connectivity index (χ2n) is 4.36. The number of ketones is 1. The molecular weight excluding hydrogens is 208 g/mol. The van der Waals surface area contributed by atoms with Gasteiger partial charge in [0.15, 0.2) is 6.79 Å². The van der Waals surface area contributed by atoms with Gasteiger partial charge in [-0.15, -0.1) is 0 Å². The number of ether oxygens (including phenoxy) is 1. The first-order valence-electron chi connectivity index (χ1n) is 5.98. The zero-order valence-electron chi connectivity index (χ0n) is 9.78. The number of aliphatic hydroxyl groups excluding tert-OH is 1. The van der Waals surface area contributed by atoms with Crippen LogP contribution in [0.1, 0.15) is 45.4 Å². The first-order valence-corrected chi connectivity index (χ1v) is 5.98. The number of Topliss-reactive ketones (excluding diaryl/α,β-unsaturated/α-hetero) is 1. The molecule has 1 aliphatic carbocycles. The van der Waals surface area contributed by atoms with Crippen molar-refractivity contribution in [1.29, 1.82) is 0 Å². The van der Waals surface area contributed by atoms with E-state index in [1.165, 1.54) is 0 Å². The van der Waals surface area contributed by atoms with E-state index >= 15 is 0 Å². The van der Waals surface area contributed by atoms with E-state index in [2.05, 4.69) is 11.7 Å². The predicted molar refractivity (Wildman–Crippen MR) is 58.5 cm³/mol. The summed E-state index contributed by atoms with van der Waals surface area (Å²) in [5.41, 5.74) is 0. The third-order valence-electron chi connectivity index (χ3n) is 3.27. The van der Waals surface area contributed by atoms with E-state index in [9.17, 15) is 9.59 Å². The second-order valence-corrected chi connectivity index (χ2v) is 4.36. The van der Waals surface area contributed by atoms with E-state index in [1.54, 1.807) is 0 Å². The van der Waals surface area contributed by atoms with Gasteiger partial charge in [0.1, 0.15) is 5.78 Å². The van der Waals surface area contributed by atoms with Crippen molar-refractivity contribution in [3.05, 3.63) is 0 Å². The Labute approximate surface area is 96.0 Å². The molecule has 4 heteroatoms. The summed E-state index contributed by atoms with van der Waals surface area (Å²) in [6.07, 6.45) is 4.62. The number of unbranched alkanes of at least 4 members (excludes halogenated alkanes) is 1. The second kappa shape index (κ2) is 6.63. The third-order valence-corrected chi connectivity index (χ3v) is 3.27. The summed E-state index contributed by atoms with van der Waals surface area (Å²) in [7, 11) is 0. The first kappa shape index (κ1) is 13.2. The molecule has 0 heterocycles. The van der Waals surface area contributed by atoms with Crippen LogP contribution in [0.3, 0.4) is 0 Å². The summed E-state index contributed by atoms with van der Waals surface area (Å²) in [6, 6.07) is 0. The fourth-order valence-electron chi connectivity index (χ4n) is 2.39. The highest BCUT2D eigenvalue weighted by atomic mass is 16.6. The molecule has 0 saturated heterocycles. The number of rotatable bonds is 6. The van der Waals surface area contributed by atoms with E-state index in [1.807, 2.05) is 0 Å². The molecule has 0 aromatic rings. The molecule has 16 heavy (non-hydrogen) atoms. The zero-order valence-corrected chi connectivity index (χ0v) is 9.78. The van der Waals surface area contributed by atoms with Gasteiger partial charge >= 0.3 is 5.97 Å². The van der Waals surface area contributed by atoms with Gasteiger partial charge in [-0.1, -0.05) is 19.8 Å². The Balaban J connectivity index is 2.44. The lowest BCUT2D eigenvalue weighted by Crippen LogP contribution is -2.19. The molecular formula is C12H20O4. The fraction of sp³-hybridized carbons (Fsp3) is 0.833. The molecule has 0 aromatic carbocycles. The van der Waals surface area contributed by atoms with Crippen LogP contribution >= 0.6 is 0 Å². The van der Waals surface area contributed by atoms with Crippen LogP contribution in [0, 0.1) is 11.8 Å². The first-order chi connectivity index (χ1) is 7.69. The minimum Gasteiger partial charge on any atom is -0.439 e. The number of hydrogen-bond acceptors (Lipinski definition) is 4. The molecule has 0 bridgehead atoms. The Hall–Kier alpha value is -0.900. The molecule has 0 radical (unpaired) electrons. The Morgan fingerprint density at radius 2 is 2.31 bits per heavy atom. The van der Waals surface area contributed by atoms with Gasteiger partial charge in [-0.25, -0.2) is 0 Å². The van der Waals surface area contributed by atoms with Crippen LogP contribution in [0.5, 0.6) is 0 Å². The number of aliphatic hydroxyl groups is 1. The molecule has 1 rings (SSSR count). The van der Waals surface area contributed by atoms with Crippen molar-refractivity contribution in [3.8, 4) is 0 Å². The minimum absolute atomic E-state index is 0.0335. The van der Waals surface area contributed by atoms with E-state index in [-0.39, 0.29) is 24.0 Å². The van der Waals surface area contributed by atoms with Gasteiger partial charge in [0.2, 0.25) is 0 Å². The van der Waals surface area contributed by atoms with Crippen molar-refractivity contribution < 1.29 is 19.4 Å². The lowest BCUT2D eigenvalue weighted by Gasteiger charge is -2.16. The Morgan fingerprint density at radius 3 is 2.94 bits per heavy atom. The van der Waals surface area contributed by atoms with Crippen molar-refractivity contribution in [3.63, 3.8) is 0 Å². The number of carbonyl (C=O) groups is 2. The van der Waals surface area contributed by atoms with E-state index in [0.29, 0.717) is 6.42 Å². The zero-order chi connectivity index (χ0) is 12.0. The predicted octanol–water partition coefficient (Wildman–Crippen LogP) is 1.66. The number of hydrogen-bond donors (Lipinski definition) is 1. The molecule has 92 valence electrons. The maximum absolute atomic E-state index is 11.6. The van der Waals surface area contributed by atoms with Crippen LogP contribution in [-0.4, -0.2) is 23.7 Å².